The number of nitriles is 1. The van der Waals surface area contributed by atoms with Gasteiger partial charge in [-0.25, -0.2) is 0 Å². The third-order valence-corrected chi connectivity index (χ3v) is 3.74. The van der Waals surface area contributed by atoms with Crippen molar-refractivity contribution in [3.63, 3.8) is 0 Å². The monoisotopic (exact) mass is 262 g/mol. The Morgan fingerprint density at radius 1 is 1.29 bits per heavy atom. The molecule has 2 rings (SSSR count). The number of nitrogens with one attached hydrogen (secondary N) is 1. The highest BCUT2D eigenvalue weighted by Gasteiger charge is 2.13. The second kappa shape index (κ2) is 5.22. The molecule has 1 aromatic heterocycles. The molecule has 2 aromatic rings. The number of hydrogen-bond donors (Lipinski definition) is 1. The lowest BCUT2D eigenvalue weighted by molar-refractivity contribution is 1.03. The SMILES string of the molecule is Cc1ccc(C(C#N)Nc2ccccc2Cl)s1. The molecule has 1 unspecified atom stereocenters. The molecule has 1 heterocycles. The first-order valence-corrected chi connectivity index (χ1v) is 6.37. The van der Waals surface area contributed by atoms with E-state index in [1.54, 1.807) is 17.4 Å². The molecular formula is C13H11ClN2S. The van der Waals surface area contributed by atoms with Crippen molar-refractivity contribution in [1.29, 1.82) is 5.26 Å². The molecule has 0 spiro atoms. The van der Waals surface area contributed by atoms with Crippen molar-refractivity contribution in [1.82, 2.24) is 0 Å². The van der Waals surface area contributed by atoms with E-state index in [9.17, 15) is 5.26 Å². The lowest BCUT2D eigenvalue weighted by Crippen LogP contribution is -2.06. The standard InChI is InChI=1S/C13H11ClN2S/c1-9-6-7-13(17-9)12(8-15)16-11-5-3-2-4-10(11)14/h2-7,12,16H,1H3. The highest BCUT2D eigenvalue weighted by Crippen LogP contribution is 2.28. The van der Waals surface area contributed by atoms with E-state index in [-0.39, 0.29) is 6.04 Å². The molecule has 0 aliphatic carbocycles. The van der Waals surface area contributed by atoms with Crippen LogP contribution in [0.25, 0.3) is 0 Å². The zero-order chi connectivity index (χ0) is 12.3. The van der Waals surface area contributed by atoms with Crippen LogP contribution in [0.4, 0.5) is 5.69 Å². The maximum absolute atomic E-state index is 9.19. The second-order valence-corrected chi connectivity index (χ2v) is 5.36. The number of halogens is 1. The van der Waals surface area contributed by atoms with Crippen LogP contribution in [-0.2, 0) is 0 Å². The summed E-state index contributed by atoms with van der Waals surface area (Å²) in [6.45, 7) is 2.03. The zero-order valence-corrected chi connectivity index (χ0v) is 10.8. The lowest BCUT2D eigenvalue weighted by atomic mass is 10.2. The predicted octanol–water partition coefficient (Wildman–Crippen LogP) is 4.39. The van der Waals surface area contributed by atoms with Crippen LogP contribution < -0.4 is 5.32 Å². The van der Waals surface area contributed by atoms with E-state index in [2.05, 4.69) is 11.4 Å². The van der Waals surface area contributed by atoms with Crippen molar-refractivity contribution >= 4 is 28.6 Å². The Labute approximate surface area is 109 Å². The van der Waals surface area contributed by atoms with Gasteiger partial charge in [0.25, 0.3) is 0 Å². The summed E-state index contributed by atoms with van der Waals surface area (Å²) in [7, 11) is 0. The van der Waals surface area contributed by atoms with Gasteiger partial charge in [0.05, 0.1) is 16.8 Å². The Balaban J connectivity index is 2.22. The molecule has 17 heavy (non-hydrogen) atoms. The first-order chi connectivity index (χ1) is 8.20. The van der Waals surface area contributed by atoms with Crippen LogP contribution in [0, 0.1) is 18.3 Å². The van der Waals surface area contributed by atoms with E-state index in [0.29, 0.717) is 5.02 Å². The number of aryl methyl sites for hydroxylation is 1. The molecule has 0 radical (unpaired) electrons. The van der Waals surface area contributed by atoms with Crippen LogP contribution in [0.15, 0.2) is 36.4 Å². The summed E-state index contributed by atoms with van der Waals surface area (Å²) >= 11 is 7.67. The number of para-hydroxylation sites is 1. The topological polar surface area (TPSA) is 35.8 Å². The Bertz CT molecular complexity index is 557. The van der Waals surface area contributed by atoms with Crippen molar-refractivity contribution in [2.75, 3.05) is 5.32 Å². The van der Waals surface area contributed by atoms with Crippen LogP contribution in [0.3, 0.4) is 0 Å². The van der Waals surface area contributed by atoms with E-state index < -0.39 is 0 Å². The summed E-state index contributed by atoms with van der Waals surface area (Å²) in [5.74, 6) is 0. The van der Waals surface area contributed by atoms with Gasteiger partial charge in [-0.1, -0.05) is 23.7 Å². The number of hydrogen-bond acceptors (Lipinski definition) is 3. The maximum atomic E-state index is 9.19. The normalized spacial score (nSPS) is 11.8. The minimum absolute atomic E-state index is 0.353. The summed E-state index contributed by atoms with van der Waals surface area (Å²) < 4.78 is 0. The highest BCUT2D eigenvalue weighted by atomic mass is 35.5. The fraction of sp³-hybridized carbons (Fsp3) is 0.154. The fourth-order valence-electron chi connectivity index (χ4n) is 1.51. The second-order valence-electron chi connectivity index (χ2n) is 3.63. The zero-order valence-electron chi connectivity index (χ0n) is 9.27. The average Bonchev–Trinajstić information content (AvgIpc) is 2.75. The summed E-state index contributed by atoms with van der Waals surface area (Å²) in [5, 5.41) is 13.0. The van der Waals surface area contributed by atoms with Gasteiger partial charge in [0.15, 0.2) is 0 Å². The van der Waals surface area contributed by atoms with E-state index in [0.717, 1.165) is 10.6 Å². The fourth-order valence-corrected chi connectivity index (χ4v) is 2.57. The Morgan fingerprint density at radius 2 is 2.06 bits per heavy atom. The van der Waals surface area contributed by atoms with Crippen LogP contribution in [0.1, 0.15) is 15.8 Å². The molecule has 2 nitrogen and oxygen atoms in total. The van der Waals surface area contributed by atoms with Gasteiger partial charge in [-0.15, -0.1) is 11.3 Å². The molecule has 0 fully saturated rings. The molecule has 0 aliphatic heterocycles. The van der Waals surface area contributed by atoms with Crippen LogP contribution in [0.5, 0.6) is 0 Å². The van der Waals surface area contributed by atoms with Gasteiger partial charge in [-0.2, -0.15) is 5.26 Å². The Hall–Kier alpha value is -1.50. The summed E-state index contributed by atoms with van der Waals surface area (Å²) in [6.07, 6.45) is 0. The molecule has 0 bridgehead atoms. The van der Waals surface area contributed by atoms with Gasteiger partial charge >= 0.3 is 0 Å². The third kappa shape index (κ3) is 2.79. The molecular weight excluding hydrogens is 252 g/mol. The molecule has 86 valence electrons. The smallest absolute Gasteiger partial charge is 0.149 e. The number of anilines is 1. The van der Waals surface area contributed by atoms with Crippen LogP contribution in [-0.4, -0.2) is 0 Å². The molecule has 4 heteroatoms. The third-order valence-electron chi connectivity index (χ3n) is 2.35. The van der Waals surface area contributed by atoms with Gasteiger partial charge in [0.2, 0.25) is 0 Å². The van der Waals surface area contributed by atoms with E-state index >= 15 is 0 Å². The first-order valence-electron chi connectivity index (χ1n) is 5.17. The van der Waals surface area contributed by atoms with Crippen molar-refractivity contribution in [2.45, 2.75) is 13.0 Å². The van der Waals surface area contributed by atoms with Gasteiger partial charge in [-0.05, 0) is 31.2 Å². The highest BCUT2D eigenvalue weighted by molar-refractivity contribution is 7.12. The number of thiophene rings is 1. The number of rotatable bonds is 3. The van der Waals surface area contributed by atoms with E-state index in [1.807, 2.05) is 37.3 Å². The van der Waals surface area contributed by atoms with E-state index in [4.69, 9.17) is 11.6 Å². The molecule has 0 aliphatic rings. The summed E-state index contributed by atoms with van der Waals surface area (Å²) in [6, 6.07) is 13.3. The van der Waals surface area contributed by atoms with Gasteiger partial charge in [0, 0.05) is 9.75 Å². The van der Waals surface area contributed by atoms with Gasteiger partial charge in [-0.3, -0.25) is 0 Å². The summed E-state index contributed by atoms with van der Waals surface area (Å²) in [4.78, 5) is 2.20. The van der Waals surface area contributed by atoms with E-state index in [1.165, 1.54) is 4.88 Å². The molecule has 1 aromatic carbocycles. The molecule has 0 amide bonds. The number of benzene rings is 1. The Kier molecular flexibility index (Phi) is 3.68. The van der Waals surface area contributed by atoms with Gasteiger partial charge < -0.3 is 5.32 Å². The molecule has 1 atom stereocenters. The largest absolute Gasteiger partial charge is 0.364 e. The minimum Gasteiger partial charge on any atom is -0.364 e. The van der Waals surface area contributed by atoms with Gasteiger partial charge in [0.1, 0.15) is 6.04 Å². The molecule has 0 saturated heterocycles. The van der Waals surface area contributed by atoms with Crippen LogP contribution in [0.2, 0.25) is 5.02 Å². The quantitative estimate of drug-likeness (QED) is 0.891. The van der Waals surface area contributed by atoms with Crippen molar-refractivity contribution in [3.8, 4) is 6.07 Å². The predicted molar refractivity (Wildman–Crippen MR) is 72.5 cm³/mol. The molecule has 1 N–H and O–H groups in total. The summed E-state index contributed by atoms with van der Waals surface area (Å²) in [5.41, 5.74) is 0.784. The lowest BCUT2D eigenvalue weighted by Gasteiger charge is -2.12. The maximum Gasteiger partial charge on any atom is 0.149 e. The Morgan fingerprint density at radius 3 is 2.65 bits per heavy atom. The van der Waals surface area contributed by atoms with Crippen molar-refractivity contribution < 1.29 is 0 Å². The molecule has 0 saturated carbocycles. The van der Waals surface area contributed by atoms with Crippen LogP contribution >= 0.6 is 22.9 Å². The van der Waals surface area contributed by atoms with Crippen molar-refractivity contribution in [2.24, 2.45) is 0 Å². The number of nitrogens with zero attached hydrogens (tertiary/aromatic N) is 1. The average molecular weight is 263 g/mol. The minimum atomic E-state index is -0.353. The first kappa shape index (κ1) is 12.0. The van der Waals surface area contributed by atoms with Crippen molar-refractivity contribution in [3.05, 3.63) is 51.2 Å².